The third kappa shape index (κ3) is 3.73. The first-order valence-electron chi connectivity index (χ1n) is 12.5. The van der Waals surface area contributed by atoms with E-state index < -0.39 is 11.7 Å². The number of fused-ring (bicyclic) bond motifs is 1. The van der Waals surface area contributed by atoms with E-state index in [9.17, 15) is 22.8 Å². The highest BCUT2D eigenvalue weighted by Gasteiger charge is 2.79. The lowest BCUT2D eigenvalue weighted by molar-refractivity contribution is -0.278. The second-order valence-electron chi connectivity index (χ2n) is 10.5. The number of hydrogen-bond acceptors (Lipinski definition) is 4. The van der Waals surface area contributed by atoms with Crippen LogP contribution in [0.2, 0.25) is 0 Å². The van der Waals surface area contributed by atoms with Gasteiger partial charge in [0.2, 0.25) is 0 Å². The molecule has 3 aliphatic rings. The number of carbonyl (C=O) groups excluding carboxylic acids is 2. The number of amides is 1. The number of halogens is 3. The average Bonchev–Trinajstić information content (AvgIpc) is 3.27. The summed E-state index contributed by atoms with van der Waals surface area (Å²) in [6.45, 7) is 6.72. The molecule has 6 rings (SSSR count). The molecule has 6 nitrogen and oxygen atoms in total. The molecule has 3 aliphatic carbocycles. The number of rotatable bonds is 7. The first kappa shape index (κ1) is 25.3. The van der Waals surface area contributed by atoms with E-state index in [1.807, 2.05) is 17.6 Å². The second-order valence-corrected chi connectivity index (χ2v) is 10.5. The fraction of sp³-hybridized carbons (Fsp3) is 0.464. The Balaban J connectivity index is 1.44. The molecule has 1 amide bonds. The summed E-state index contributed by atoms with van der Waals surface area (Å²) in [6.07, 6.45) is 0.514. The maximum absolute atomic E-state index is 13.7. The molecular formula is C28H30F3N3O3. The molecule has 0 saturated heterocycles. The molecule has 1 aromatic carbocycles. The highest BCUT2D eigenvalue weighted by molar-refractivity contribution is 6.08. The average molecular weight is 514 g/mol. The van der Waals surface area contributed by atoms with Crippen LogP contribution in [0.4, 0.5) is 13.2 Å². The number of ether oxygens (including phenoxy) is 1. The summed E-state index contributed by atoms with van der Waals surface area (Å²) >= 11 is 0. The van der Waals surface area contributed by atoms with Crippen molar-refractivity contribution in [3.05, 3.63) is 65.0 Å². The van der Waals surface area contributed by atoms with Crippen LogP contribution in [0.5, 0.6) is 0 Å². The van der Waals surface area contributed by atoms with Gasteiger partial charge in [0.1, 0.15) is 5.65 Å². The first-order chi connectivity index (χ1) is 17.5. The minimum Gasteiger partial charge on any atom is -0.469 e. The number of benzene rings is 1. The van der Waals surface area contributed by atoms with Crippen LogP contribution in [0.1, 0.15) is 60.7 Å². The van der Waals surface area contributed by atoms with E-state index in [-0.39, 0.29) is 34.7 Å². The van der Waals surface area contributed by atoms with Crippen molar-refractivity contribution in [2.24, 2.45) is 17.3 Å². The standard InChI is InChI=1S/C28H30F3N3O3/c1-5-34-14-21(25(36)33-27-15-26(16(27)2,17(27)3)13-22(35)37-4)23-19(10-11-32-24(23)34)12-18-6-8-20(9-7-18)28(29,30)31/h6-11,14,16-17H,5,12-13,15H2,1-4H3,(H,33,36). The van der Waals surface area contributed by atoms with Gasteiger partial charge in [0.15, 0.2) is 0 Å². The van der Waals surface area contributed by atoms with E-state index in [4.69, 9.17) is 4.74 Å². The van der Waals surface area contributed by atoms with Crippen molar-refractivity contribution in [1.29, 1.82) is 0 Å². The van der Waals surface area contributed by atoms with Gasteiger partial charge in [-0.05, 0) is 66.3 Å². The maximum atomic E-state index is 13.7. The molecule has 2 aromatic heterocycles. The minimum atomic E-state index is -4.39. The Morgan fingerprint density at radius 2 is 1.84 bits per heavy atom. The van der Waals surface area contributed by atoms with Crippen LogP contribution < -0.4 is 5.32 Å². The van der Waals surface area contributed by atoms with Crippen molar-refractivity contribution < 1.29 is 27.5 Å². The zero-order valence-electron chi connectivity index (χ0n) is 21.3. The summed E-state index contributed by atoms with van der Waals surface area (Å²) in [7, 11) is 1.39. The van der Waals surface area contributed by atoms with Gasteiger partial charge < -0.3 is 14.6 Å². The van der Waals surface area contributed by atoms with Gasteiger partial charge in [0.25, 0.3) is 5.91 Å². The lowest BCUT2D eigenvalue weighted by atomic mass is 9.27. The van der Waals surface area contributed by atoms with Gasteiger partial charge in [-0.25, -0.2) is 4.98 Å². The summed E-state index contributed by atoms with van der Waals surface area (Å²) in [5.41, 5.74) is 1.48. The summed E-state index contributed by atoms with van der Waals surface area (Å²) in [4.78, 5) is 30.1. The fourth-order valence-corrected chi connectivity index (χ4v) is 6.70. The van der Waals surface area contributed by atoms with Crippen molar-refractivity contribution in [2.75, 3.05) is 7.11 Å². The first-order valence-corrected chi connectivity index (χ1v) is 12.5. The zero-order chi connectivity index (χ0) is 26.8. The molecule has 9 heteroatoms. The van der Waals surface area contributed by atoms with Crippen LogP contribution in [0.3, 0.4) is 0 Å². The molecule has 0 radical (unpaired) electrons. The van der Waals surface area contributed by atoms with Crippen LogP contribution in [0, 0.1) is 17.3 Å². The predicted molar refractivity (Wildman–Crippen MR) is 132 cm³/mol. The number of aryl methyl sites for hydroxylation is 1. The normalized spacial score (nSPS) is 26.4. The van der Waals surface area contributed by atoms with Gasteiger partial charge in [-0.3, -0.25) is 9.59 Å². The Bertz CT molecular complexity index is 1370. The van der Waals surface area contributed by atoms with Crippen LogP contribution in [-0.4, -0.2) is 34.1 Å². The van der Waals surface area contributed by atoms with E-state index in [1.165, 1.54) is 19.2 Å². The Morgan fingerprint density at radius 3 is 2.41 bits per heavy atom. The highest BCUT2D eigenvalue weighted by atomic mass is 19.4. The molecule has 196 valence electrons. The van der Waals surface area contributed by atoms with Crippen LogP contribution in [0.15, 0.2) is 42.7 Å². The number of hydrogen-bond donors (Lipinski definition) is 1. The monoisotopic (exact) mass is 513 g/mol. The summed E-state index contributed by atoms with van der Waals surface area (Å²) in [5, 5.41) is 3.98. The molecule has 37 heavy (non-hydrogen) atoms. The number of nitrogens with zero attached hydrogens (tertiary/aromatic N) is 2. The molecular weight excluding hydrogens is 483 g/mol. The van der Waals surface area contributed by atoms with E-state index >= 15 is 0 Å². The van der Waals surface area contributed by atoms with E-state index in [0.717, 1.165) is 24.1 Å². The van der Waals surface area contributed by atoms with Crippen molar-refractivity contribution in [2.45, 2.75) is 58.3 Å². The Kier molecular flexibility index (Phi) is 5.88. The number of esters is 1. The molecule has 2 heterocycles. The summed E-state index contributed by atoms with van der Waals surface area (Å²) in [6, 6.07) is 6.91. The van der Waals surface area contributed by atoms with E-state index in [2.05, 4.69) is 24.1 Å². The third-order valence-corrected chi connectivity index (χ3v) is 9.04. The Labute approximate surface area is 213 Å². The molecule has 3 aromatic rings. The van der Waals surface area contributed by atoms with Crippen molar-refractivity contribution in [3.8, 4) is 0 Å². The van der Waals surface area contributed by atoms with Gasteiger partial charge >= 0.3 is 12.1 Å². The molecule has 3 fully saturated rings. The van der Waals surface area contributed by atoms with Crippen LogP contribution in [-0.2, 0) is 28.7 Å². The number of alkyl halides is 3. The molecule has 0 spiro atoms. The molecule has 3 saturated carbocycles. The molecule has 0 aliphatic heterocycles. The lowest BCUT2D eigenvalue weighted by Crippen LogP contribution is -2.86. The molecule has 2 bridgehead atoms. The fourth-order valence-electron chi connectivity index (χ4n) is 6.70. The molecule has 2 unspecified atom stereocenters. The van der Waals surface area contributed by atoms with Gasteiger partial charge in [0.05, 0.1) is 24.7 Å². The minimum absolute atomic E-state index is 0.141. The van der Waals surface area contributed by atoms with Crippen LogP contribution >= 0.6 is 0 Å². The van der Waals surface area contributed by atoms with Crippen molar-refractivity contribution in [1.82, 2.24) is 14.9 Å². The van der Waals surface area contributed by atoms with Crippen molar-refractivity contribution >= 4 is 22.9 Å². The van der Waals surface area contributed by atoms with Crippen LogP contribution in [0.25, 0.3) is 11.0 Å². The van der Waals surface area contributed by atoms with E-state index in [1.54, 1.807) is 12.4 Å². The second kappa shape index (κ2) is 8.60. The SMILES string of the molecule is CCn1cc(C(=O)NC23CC(CC(=O)OC)(C2C)C3C)c2c(Cc3ccc(C(F)(F)F)cc3)ccnc21. The third-order valence-electron chi connectivity index (χ3n) is 9.04. The zero-order valence-corrected chi connectivity index (χ0v) is 21.3. The van der Waals surface area contributed by atoms with Gasteiger partial charge in [0, 0.05) is 29.9 Å². The Hall–Kier alpha value is -3.36. The number of nitrogens with one attached hydrogen (secondary N) is 1. The van der Waals surface area contributed by atoms with Gasteiger partial charge in [-0.1, -0.05) is 26.0 Å². The molecule has 1 N–H and O–H groups in total. The highest BCUT2D eigenvalue weighted by Crippen LogP contribution is 2.76. The maximum Gasteiger partial charge on any atom is 0.416 e. The van der Waals surface area contributed by atoms with Crippen molar-refractivity contribution in [3.63, 3.8) is 0 Å². The predicted octanol–water partition coefficient (Wildman–Crippen LogP) is 5.37. The number of aromatic nitrogens is 2. The molecule has 2 atom stereocenters. The van der Waals surface area contributed by atoms with Gasteiger partial charge in [-0.2, -0.15) is 13.2 Å². The van der Waals surface area contributed by atoms with E-state index in [0.29, 0.717) is 41.5 Å². The topological polar surface area (TPSA) is 73.2 Å². The number of carbonyl (C=O) groups is 2. The van der Waals surface area contributed by atoms with Gasteiger partial charge in [-0.15, -0.1) is 0 Å². The Morgan fingerprint density at radius 1 is 1.16 bits per heavy atom. The smallest absolute Gasteiger partial charge is 0.416 e. The summed E-state index contributed by atoms with van der Waals surface area (Å²) < 4.78 is 45.8. The largest absolute Gasteiger partial charge is 0.469 e. The lowest BCUT2D eigenvalue weighted by Gasteiger charge is -2.80. The number of pyridine rings is 1. The summed E-state index contributed by atoms with van der Waals surface area (Å²) in [5.74, 6) is -0.156. The quantitative estimate of drug-likeness (QED) is 0.431. The number of methoxy groups -OCH3 is 1.